The van der Waals surface area contributed by atoms with Crippen LogP contribution in [0.2, 0.25) is 0 Å². The van der Waals surface area contributed by atoms with Crippen LogP contribution in [0, 0.1) is 5.92 Å². The molecule has 3 aromatic rings. The number of anilines is 1. The van der Waals surface area contributed by atoms with Gasteiger partial charge >= 0.3 is 5.97 Å². The van der Waals surface area contributed by atoms with Gasteiger partial charge in [0.15, 0.2) is 0 Å². The zero-order valence-electron chi connectivity index (χ0n) is 15.0. The second-order valence-corrected chi connectivity index (χ2v) is 6.78. The lowest BCUT2D eigenvalue weighted by molar-refractivity contribution is -0.153. The molecular formula is C22H20N2O3. The number of ether oxygens (including phenoxy) is 1. The fraction of sp³-hybridized carbons (Fsp3) is 0.227. The second kappa shape index (κ2) is 7.19. The Balaban J connectivity index is 1.44. The number of pyridine rings is 1. The van der Waals surface area contributed by atoms with Crippen LogP contribution in [0.5, 0.6) is 0 Å². The number of hydrogen-bond donors (Lipinski definition) is 0. The molecule has 0 aliphatic carbocycles. The number of carbonyl (C=O) groups is 2. The third-order valence-electron chi connectivity index (χ3n) is 4.90. The molecule has 1 aromatic heterocycles. The highest BCUT2D eigenvalue weighted by atomic mass is 16.5. The van der Waals surface area contributed by atoms with Crippen molar-refractivity contribution in [3.63, 3.8) is 0 Å². The Morgan fingerprint density at radius 1 is 1.15 bits per heavy atom. The number of aromatic nitrogens is 1. The highest BCUT2D eigenvalue weighted by Crippen LogP contribution is 2.28. The fourth-order valence-corrected chi connectivity index (χ4v) is 3.37. The highest BCUT2D eigenvalue weighted by Gasteiger charge is 2.36. The van der Waals surface area contributed by atoms with Crippen LogP contribution in [0.4, 0.5) is 5.69 Å². The van der Waals surface area contributed by atoms with Gasteiger partial charge in [0, 0.05) is 35.8 Å². The van der Waals surface area contributed by atoms with Crippen molar-refractivity contribution in [1.82, 2.24) is 4.98 Å². The topological polar surface area (TPSA) is 59.5 Å². The molecule has 0 bridgehead atoms. The first-order valence-corrected chi connectivity index (χ1v) is 9.02. The van der Waals surface area contributed by atoms with E-state index < -0.39 is 12.0 Å². The smallest absolute Gasteiger partial charge is 0.311 e. The Hall–Kier alpha value is -3.21. The van der Waals surface area contributed by atoms with Crippen molar-refractivity contribution >= 4 is 28.5 Å². The summed E-state index contributed by atoms with van der Waals surface area (Å²) >= 11 is 0. The van der Waals surface area contributed by atoms with Crippen LogP contribution in [-0.2, 0) is 14.3 Å². The first-order chi connectivity index (χ1) is 13.1. The third kappa shape index (κ3) is 3.53. The van der Waals surface area contributed by atoms with Gasteiger partial charge in [-0.15, -0.1) is 0 Å². The van der Waals surface area contributed by atoms with Gasteiger partial charge < -0.3 is 9.64 Å². The summed E-state index contributed by atoms with van der Waals surface area (Å²) in [6.45, 7) is 2.18. The maximum absolute atomic E-state index is 12.6. The molecule has 1 saturated heterocycles. The van der Waals surface area contributed by atoms with Gasteiger partial charge in [-0.05, 0) is 31.2 Å². The standard InChI is InChI=1S/C22H20N2O3/c1-15(17-11-16-7-5-6-10-20(16)23-13-17)27-22(26)18-12-21(25)24(14-18)19-8-3-2-4-9-19/h2-11,13,15,18H,12,14H2,1H3. The molecule has 2 unspecified atom stereocenters. The lowest BCUT2D eigenvalue weighted by Gasteiger charge is -2.18. The van der Waals surface area contributed by atoms with Crippen molar-refractivity contribution in [2.24, 2.45) is 5.92 Å². The molecule has 1 fully saturated rings. The van der Waals surface area contributed by atoms with E-state index in [0.717, 1.165) is 22.2 Å². The molecule has 5 heteroatoms. The summed E-state index contributed by atoms with van der Waals surface area (Å²) in [4.78, 5) is 31.0. The zero-order valence-corrected chi connectivity index (χ0v) is 15.0. The van der Waals surface area contributed by atoms with E-state index in [1.54, 1.807) is 11.1 Å². The van der Waals surface area contributed by atoms with E-state index in [2.05, 4.69) is 4.98 Å². The second-order valence-electron chi connectivity index (χ2n) is 6.78. The molecule has 1 aliphatic rings. The van der Waals surface area contributed by atoms with E-state index in [4.69, 9.17) is 4.74 Å². The number of esters is 1. The molecule has 0 N–H and O–H groups in total. The van der Waals surface area contributed by atoms with Crippen molar-refractivity contribution in [2.45, 2.75) is 19.4 Å². The Kier molecular flexibility index (Phi) is 4.59. The van der Waals surface area contributed by atoms with Crippen molar-refractivity contribution in [3.8, 4) is 0 Å². The first kappa shape index (κ1) is 17.2. The lowest BCUT2D eigenvalue weighted by Crippen LogP contribution is -2.26. The number of carbonyl (C=O) groups excluding carboxylic acids is 2. The molecule has 0 radical (unpaired) electrons. The summed E-state index contributed by atoms with van der Waals surface area (Å²) in [7, 11) is 0. The van der Waals surface area contributed by atoms with Gasteiger partial charge in [-0.1, -0.05) is 36.4 Å². The third-order valence-corrected chi connectivity index (χ3v) is 4.90. The van der Waals surface area contributed by atoms with E-state index in [1.807, 2.05) is 67.6 Å². The minimum Gasteiger partial charge on any atom is -0.457 e. The fourth-order valence-electron chi connectivity index (χ4n) is 3.37. The van der Waals surface area contributed by atoms with E-state index in [1.165, 1.54) is 0 Å². The molecule has 0 saturated carbocycles. The van der Waals surface area contributed by atoms with Crippen LogP contribution in [0.3, 0.4) is 0 Å². The molecule has 1 aliphatic heterocycles. The summed E-state index contributed by atoms with van der Waals surface area (Å²) in [6.07, 6.45) is 1.49. The Morgan fingerprint density at radius 3 is 2.70 bits per heavy atom. The van der Waals surface area contributed by atoms with Crippen LogP contribution in [0.1, 0.15) is 25.0 Å². The number of amides is 1. The number of rotatable bonds is 4. The summed E-state index contributed by atoms with van der Waals surface area (Å²) < 4.78 is 5.64. The van der Waals surface area contributed by atoms with Crippen molar-refractivity contribution < 1.29 is 14.3 Å². The molecule has 2 aromatic carbocycles. The number of benzene rings is 2. The molecule has 2 heterocycles. The maximum Gasteiger partial charge on any atom is 0.311 e. The number of hydrogen-bond acceptors (Lipinski definition) is 4. The first-order valence-electron chi connectivity index (χ1n) is 9.02. The van der Waals surface area contributed by atoms with E-state index in [9.17, 15) is 9.59 Å². The van der Waals surface area contributed by atoms with Gasteiger partial charge in [-0.3, -0.25) is 14.6 Å². The quantitative estimate of drug-likeness (QED) is 0.662. The van der Waals surface area contributed by atoms with Gasteiger partial charge in [0.25, 0.3) is 0 Å². The van der Waals surface area contributed by atoms with Gasteiger partial charge in [0.05, 0.1) is 11.4 Å². The molecule has 4 rings (SSSR count). The van der Waals surface area contributed by atoms with Gasteiger partial charge in [0.1, 0.15) is 6.10 Å². The van der Waals surface area contributed by atoms with Crippen LogP contribution in [-0.4, -0.2) is 23.4 Å². The molecule has 2 atom stereocenters. The summed E-state index contributed by atoms with van der Waals surface area (Å²) in [5.41, 5.74) is 2.55. The minimum atomic E-state index is -0.450. The lowest BCUT2D eigenvalue weighted by atomic mass is 10.1. The van der Waals surface area contributed by atoms with E-state index >= 15 is 0 Å². The molecule has 27 heavy (non-hydrogen) atoms. The molecule has 1 amide bonds. The highest BCUT2D eigenvalue weighted by molar-refractivity contribution is 5.99. The van der Waals surface area contributed by atoms with Crippen LogP contribution in [0.15, 0.2) is 66.9 Å². The van der Waals surface area contributed by atoms with Crippen molar-refractivity contribution in [3.05, 3.63) is 72.4 Å². The molecule has 5 nitrogen and oxygen atoms in total. The predicted octanol–water partition coefficient (Wildman–Crippen LogP) is 3.89. The SMILES string of the molecule is CC(OC(=O)C1CC(=O)N(c2ccccc2)C1)c1cnc2ccccc2c1. The van der Waals surface area contributed by atoms with Gasteiger partial charge in [-0.25, -0.2) is 0 Å². The van der Waals surface area contributed by atoms with Crippen molar-refractivity contribution in [2.75, 3.05) is 11.4 Å². The molecule has 136 valence electrons. The monoisotopic (exact) mass is 360 g/mol. The van der Waals surface area contributed by atoms with Gasteiger partial charge in [-0.2, -0.15) is 0 Å². The minimum absolute atomic E-state index is 0.0526. The van der Waals surface area contributed by atoms with Crippen LogP contribution >= 0.6 is 0 Å². The average Bonchev–Trinajstić information content (AvgIpc) is 3.10. The van der Waals surface area contributed by atoms with E-state index in [0.29, 0.717) is 6.54 Å². The normalized spacial score (nSPS) is 17.9. The van der Waals surface area contributed by atoms with Gasteiger partial charge in [0.2, 0.25) is 5.91 Å². The number of para-hydroxylation sites is 2. The Morgan fingerprint density at radius 2 is 1.89 bits per heavy atom. The van der Waals surface area contributed by atoms with Crippen LogP contribution in [0.25, 0.3) is 10.9 Å². The maximum atomic E-state index is 12.6. The number of nitrogens with zero attached hydrogens (tertiary/aromatic N) is 2. The Labute approximate surface area is 157 Å². The summed E-state index contributed by atoms with van der Waals surface area (Å²) in [5, 5.41) is 1.00. The largest absolute Gasteiger partial charge is 0.457 e. The average molecular weight is 360 g/mol. The van der Waals surface area contributed by atoms with Crippen LogP contribution < -0.4 is 4.90 Å². The molecule has 0 spiro atoms. The number of fused-ring (bicyclic) bond motifs is 1. The molecular weight excluding hydrogens is 340 g/mol. The zero-order chi connectivity index (χ0) is 18.8. The van der Waals surface area contributed by atoms with Crippen molar-refractivity contribution in [1.29, 1.82) is 0 Å². The van der Waals surface area contributed by atoms with E-state index in [-0.39, 0.29) is 18.3 Å². The summed E-state index contributed by atoms with van der Waals surface area (Å²) in [6, 6.07) is 19.2. The Bertz CT molecular complexity index is 987. The predicted molar refractivity (Wildman–Crippen MR) is 103 cm³/mol. The summed E-state index contributed by atoms with van der Waals surface area (Å²) in [5.74, 6) is -0.848.